The van der Waals surface area contributed by atoms with Crippen molar-refractivity contribution in [1.82, 2.24) is 15.2 Å². The molecule has 1 N–H and O–H groups in total. The molecule has 2 aliphatic rings. The van der Waals surface area contributed by atoms with E-state index in [0.29, 0.717) is 12.1 Å². The maximum Gasteiger partial charge on any atom is 0.208 e. The highest BCUT2D eigenvalue weighted by Gasteiger charge is 2.32. The summed E-state index contributed by atoms with van der Waals surface area (Å²) in [6.07, 6.45) is 10.1. The summed E-state index contributed by atoms with van der Waals surface area (Å²) in [4.78, 5) is 6.97. The molecule has 4 heteroatoms. The zero-order valence-electron chi connectivity index (χ0n) is 13.5. The van der Waals surface area contributed by atoms with E-state index in [1.165, 1.54) is 38.5 Å². The SMILES string of the molecule is CCC1CNC(C2CCCCC2)CN1Cc1ncc(C)o1. The smallest absolute Gasteiger partial charge is 0.208 e. The van der Waals surface area contributed by atoms with Crippen LogP contribution in [0.2, 0.25) is 0 Å². The van der Waals surface area contributed by atoms with Crippen LogP contribution in [-0.4, -0.2) is 35.1 Å². The number of hydrogen-bond acceptors (Lipinski definition) is 4. The molecule has 1 aliphatic carbocycles. The van der Waals surface area contributed by atoms with Crippen LogP contribution in [0.4, 0.5) is 0 Å². The number of hydrogen-bond donors (Lipinski definition) is 1. The van der Waals surface area contributed by atoms with Crippen LogP contribution in [0.3, 0.4) is 0 Å². The molecule has 1 aliphatic heterocycles. The van der Waals surface area contributed by atoms with Crippen LogP contribution < -0.4 is 5.32 Å². The van der Waals surface area contributed by atoms with Gasteiger partial charge < -0.3 is 9.73 Å². The Labute approximate surface area is 128 Å². The van der Waals surface area contributed by atoms with Gasteiger partial charge in [0.05, 0.1) is 12.7 Å². The quantitative estimate of drug-likeness (QED) is 0.925. The van der Waals surface area contributed by atoms with Crippen molar-refractivity contribution < 1.29 is 4.42 Å². The fourth-order valence-corrected chi connectivity index (χ4v) is 3.98. The molecule has 118 valence electrons. The molecule has 2 fully saturated rings. The van der Waals surface area contributed by atoms with Crippen molar-refractivity contribution in [3.8, 4) is 0 Å². The summed E-state index contributed by atoms with van der Waals surface area (Å²) >= 11 is 0. The Morgan fingerprint density at radius 2 is 2.14 bits per heavy atom. The lowest BCUT2D eigenvalue weighted by atomic mass is 9.82. The first-order valence-electron chi connectivity index (χ1n) is 8.65. The van der Waals surface area contributed by atoms with Gasteiger partial charge >= 0.3 is 0 Å². The molecule has 0 aromatic carbocycles. The number of nitrogens with one attached hydrogen (secondary N) is 1. The van der Waals surface area contributed by atoms with Crippen molar-refractivity contribution in [3.63, 3.8) is 0 Å². The third kappa shape index (κ3) is 3.67. The minimum absolute atomic E-state index is 0.608. The standard InChI is InChI=1S/C17H29N3O/c1-3-15-10-18-16(14-7-5-4-6-8-14)11-20(15)12-17-19-9-13(2)21-17/h9,14-16,18H,3-8,10-12H2,1-2H3. The minimum atomic E-state index is 0.608. The number of rotatable bonds is 4. The van der Waals surface area contributed by atoms with E-state index in [9.17, 15) is 0 Å². The lowest BCUT2D eigenvalue weighted by Crippen LogP contribution is -2.58. The number of aryl methyl sites for hydroxylation is 1. The Morgan fingerprint density at radius 3 is 2.81 bits per heavy atom. The highest BCUT2D eigenvalue weighted by Crippen LogP contribution is 2.29. The zero-order valence-corrected chi connectivity index (χ0v) is 13.5. The third-order valence-electron chi connectivity index (χ3n) is 5.26. The molecule has 4 nitrogen and oxygen atoms in total. The predicted molar refractivity (Wildman–Crippen MR) is 84.1 cm³/mol. The van der Waals surface area contributed by atoms with E-state index in [1.807, 2.05) is 13.1 Å². The Balaban J connectivity index is 1.63. The van der Waals surface area contributed by atoms with E-state index >= 15 is 0 Å². The monoisotopic (exact) mass is 291 g/mol. The van der Waals surface area contributed by atoms with Crippen LogP contribution in [0.5, 0.6) is 0 Å². The third-order valence-corrected chi connectivity index (χ3v) is 5.26. The van der Waals surface area contributed by atoms with Gasteiger partial charge in [0.25, 0.3) is 0 Å². The van der Waals surface area contributed by atoms with Gasteiger partial charge in [0, 0.05) is 25.2 Å². The predicted octanol–water partition coefficient (Wildman–Crippen LogP) is 3.12. The fraction of sp³-hybridized carbons (Fsp3) is 0.824. The van der Waals surface area contributed by atoms with Gasteiger partial charge in [-0.3, -0.25) is 4.90 Å². The second-order valence-corrected chi connectivity index (χ2v) is 6.77. The highest BCUT2D eigenvalue weighted by atomic mass is 16.4. The molecule has 1 saturated carbocycles. The van der Waals surface area contributed by atoms with Crippen LogP contribution >= 0.6 is 0 Å². The van der Waals surface area contributed by atoms with Gasteiger partial charge in [0.1, 0.15) is 5.76 Å². The van der Waals surface area contributed by atoms with Gasteiger partial charge in [-0.1, -0.05) is 26.2 Å². The Bertz CT molecular complexity index is 439. The normalized spacial score (nSPS) is 28.9. The summed E-state index contributed by atoms with van der Waals surface area (Å²) in [5.41, 5.74) is 0. The molecule has 0 bridgehead atoms. The summed E-state index contributed by atoms with van der Waals surface area (Å²) in [6.45, 7) is 7.36. The van der Waals surface area contributed by atoms with Crippen molar-refractivity contribution in [2.75, 3.05) is 13.1 Å². The van der Waals surface area contributed by atoms with E-state index in [4.69, 9.17) is 4.42 Å². The lowest BCUT2D eigenvalue weighted by Gasteiger charge is -2.43. The zero-order chi connectivity index (χ0) is 14.7. The van der Waals surface area contributed by atoms with Crippen LogP contribution in [0, 0.1) is 12.8 Å². The average molecular weight is 291 g/mol. The molecule has 2 heterocycles. The van der Waals surface area contributed by atoms with Gasteiger partial charge in [0.2, 0.25) is 5.89 Å². The number of aromatic nitrogens is 1. The molecule has 1 saturated heterocycles. The second-order valence-electron chi connectivity index (χ2n) is 6.77. The van der Waals surface area contributed by atoms with E-state index in [1.54, 1.807) is 0 Å². The molecule has 2 unspecified atom stereocenters. The Hall–Kier alpha value is -0.870. The minimum Gasteiger partial charge on any atom is -0.445 e. The molecule has 0 amide bonds. The topological polar surface area (TPSA) is 41.3 Å². The van der Waals surface area contributed by atoms with Crippen molar-refractivity contribution in [1.29, 1.82) is 0 Å². The lowest BCUT2D eigenvalue weighted by molar-refractivity contribution is 0.0796. The Kier molecular flexibility index (Phi) is 4.96. The molecule has 2 atom stereocenters. The maximum absolute atomic E-state index is 5.69. The van der Waals surface area contributed by atoms with Crippen LogP contribution in [0.25, 0.3) is 0 Å². The summed E-state index contributed by atoms with van der Waals surface area (Å²) in [7, 11) is 0. The summed E-state index contributed by atoms with van der Waals surface area (Å²) < 4.78 is 5.69. The molecule has 0 spiro atoms. The molecular weight excluding hydrogens is 262 g/mol. The van der Waals surface area contributed by atoms with Gasteiger partial charge in [-0.15, -0.1) is 0 Å². The molecule has 1 aromatic rings. The van der Waals surface area contributed by atoms with E-state index < -0.39 is 0 Å². The van der Waals surface area contributed by atoms with Crippen molar-refractivity contribution in [2.24, 2.45) is 5.92 Å². The van der Waals surface area contributed by atoms with Crippen LogP contribution in [0.1, 0.15) is 57.1 Å². The van der Waals surface area contributed by atoms with Crippen molar-refractivity contribution >= 4 is 0 Å². The largest absolute Gasteiger partial charge is 0.445 e. The van der Waals surface area contributed by atoms with Crippen LogP contribution in [0.15, 0.2) is 10.6 Å². The summed E-state index contributed by atoms with van der Waals surface area (Å²) in [6, 6.07) is 1.27. The Morgan fingerprint density at radius 1 is 1.33 bits per heavy atom. The van der Waals surface area contributed by atoms with Gasteiger partial charge in [0.15, 0.2) is 0 Å². The molecule has 3 rings (SSSR count). The highest BCUT2D eigenvalue weighted by molar-refractivity contribution is 4.95. The maximum atomic E-state index is 5.69. The van der Waals surface area contributed by atoms with E-state index in [2.05, 4.69) is 22.1 Å². The number of piperazine rings is 1. The molecule has 0 radical (unpaired) electrons. The van der Waals surface area contributed by atoms with Crippen LogP contribution in [-0.2, 0) is 6.54 Å². The first-order valence-corrected chi connectivity index (χ1v) is 8.65. The first kappa shape index (κ1) is 15.0. The number of nitrogens with zero attached hydrogens (tertiary/aromatic N) is 2. The van der Waals surface area contributed by atoms with Gasteiger partial charge in [-0.25, -0.2) is 4.98 Å². The molecule has 1 aromatic heterocycles. The van der Waals surface area contributed by atoms with Gasteiger partial charge in [-0.2, -0.15) is 0 Å². The van der Waals surface area contributed by atoms with Gasteiger partial charge in [-0.05, 0) is 32.1 Å². The van der Waals surface area contributed by atoms with Crippen molar-refractivity contribution in [3.05, 3.63) is 17.8 Å². The van der Waals surface area contributed by atoms with E-state index in [0.717, 1.165) is 37.2 Å². The second kappa shape index (κ2) is 6.93. The summed E-state index contributed by atoms with van der Waals surface area (Å²) in [5, 5.41) is 3.82. The summed E-state index contributed by atoms with van der Waals surface area (Å²) in [5.74, 6) is 2.65. The van der Waals surface area contributed by atoms with Crippen molar-refractivity contribution in [2.45, 2.75) is 71.0 Å². The molecule has 21 heavy (non-hydrogen) atoms. The van der Waals surface area contributed by atoms with E-state index in [-0.39, 0.29) is 0 Å². The average Bonchev–Trinajstić information content (AvgIpc) is 2.93. The molecular formula is C17H29N3O. The fourth-order valence-electron chi connectivity index (χ4n) is 3.98. The number of oxazole rings is 1. The first-order chi connectivity index (χ1) is 10.3.